The number of rotatable bonds is 5. The van der Waals surface area contributed by atoms with Crippen molar-refractivity contribution in [1.29, 1.82) is 0 Å². The highest BCUT2D eigenvalue weighted by molar-refractivity contribution is 7.14. The van der Waals surface area contributed by atoms with Gasteiger partial charge in [0, 0.05) is 34.6 Å². The second-order valence-electron chi connectivity index (χ2n) is 8.95. The van der Waals surface area contributed by atoms with E-state index in [1.165, 1.54) is 9.78 Å². The Bertz CT molecular complexity index is 1480. The van der Waals surface area contributed by atoms with Crippen LogP contribution in [0.5, 0.6) is 0 Å². The molecule has 35 heavy (non-hydrogen) atoms. The van der Waals surface area contributed by atoms with Crippen molar-refractivity contribution < 1.29 is 9.90 Å². The number of nitrogens with zero attached hydrogens (tertiary/aromatic N) is 3. The van der Waals surface area contributed by atoms with Crippen molar-refractivity contribution >= 4 is 40.2 Å². The van der Waals surface area contributed by atoms with Gasteiger partial charge in [-0.15, -0.1) is 22.7 Å². The number of aliphatic hydroxyl groups excluding tert-OH is 1. The van der Waals surface area contributed by atoms with Gasteiger partial charge in [-0.3, -0.25) is 14.6 Å². The molecule has 1 saturated carbocycles. The Morgan fingerprint density at radius 1 is 1.26 bits per heavy atom. The molecule has 4 aromatic rings. The quantitative estimate of drug-likeness (QED) is 0.405. The first kappa shape index (κ1) is 22.6. The number of thiophene rings is 1. The van der Waals surface area contributed by atoms with E-state index in [-0.39, 0.29) is 17.5 Å². The van der Waals surface area contributed by atoms with Gasteiger partial charge < -0.3 is 15.0 Å². The van der Waals surface area contributed by atoms with Crippen LogP contribution >= 0.6 is 34.3 Å². The number of thiazole rings is 1. The van der Waals surface area contributed by atoms with E-state index in [9.17, 15) is 14.7 Å². The molecule has 6 rings (SSSR count). The lowest BCUT2D eigenvalue weighted by atomic mass is 10.0. The van der Waals surface area contributed by atoms with E-state index in [1.54, 1.807) is 46.9 Å². The molecule has 2 N–H and O–H groups in total. The fourth-order valence-corrected chi connectivity index (χ4v) is 6.69. The van der Waals surface area contributed by atoms with Gasteiger partial charge in [0.15, 0.2) is 6.10 Å². The van der Waals surface area contributed by atoms with Crippen LogP contribution in [0.1, 0.15) is 46.5 Å². The van der Waals surface area contributed by atoms with Crippen LogP contribution in [0, 0.1) is 0 Å². The Hall–Kier alpha value is -2.85. The van der Waals surface area contributed by atoms with Gasteiger partial charge in [-0.2, -0.15) is 0 Å². The van der Waals surface area contributed by atoms with Crippen LogP contribution in [0.2, 0.25) is 5.02 Å². The average Bonchev–Trinajstić information content (AvgIpc) is 3.25. The molecular weight excluding hydrogens is 504 g/mol. The number of halogens is 1. The van der Waals surface area contributed by atoms with E-state index in [2.05, 4.69) is 21.4 Å². The van der Waals surface area contributed by atoms with E-state index in [1.807, 2.05) is 11.7 Å². The van der Waals surface area contributed by atoms with Crippen molar-refractivity contribution in [2.45, 2.75) is 37.3 Å². The third kappa shape index (κ3) is 4.02. The molecule has 3 aromatic heterocycles. The predicted octanol–water partition coefficient (Wildman–Crippen LogP) is 4.31. The van der Waals surface area contributed by atoms with Gasteiger partial charge in [-0.25, -0.2) is 4.98 Å². The topological polar surface area (TPSA) is 99.2 Å². The molecule has 1 aromatic carbocycles. The zero-order chi connectivity index (χ0) is 24.2. The number of carbonyl (C=O) groups is 1. The van der Waals surface area contributed by atoms with E-state index in [0.29, 0.717) is 34.9 Å². The van der Waals surface area contributed by atoms with Crippen molar-refractivity contribution in [3.05, 3.63) is 90.3 Å². The van der Waals surface area contributed by atoms with E-state index in [4.69, 9.17) is 16.6 Å². The van der Waals surface area contributed by atoms with Gasteiger partial charge in [0.25, 0.3) is 11.5 Å². The molecular formula is C25H21ClN4O3S2. The number of aromatic nitrogens is 3. The van der Waals surface area contributed by atoms with Crippen LogP contribution in [0.25, 0.3) is 10.4 Å². The molecule has 0 bridgehead atoms. The Balaban J connectivity index is 1.25. The van der Waals surface area contributed by atoms with Gasteiger partial charge in [-0.05, 0) is 42.0 Å². The fourth-order valence-electron chi connectivity index (χ4n) is 4.63. The number of benzene rings is 1. The van der Waals surface area contributed by atoms with Crippen LogP contribution < -0.4 is 5.56 Å². The molecule has 0 saturated heterocycles. The number of carbonyl (C=O) groups excluding carboxylic acids is 1. The number of amides is 1. The Labute approximate surface area is 214 Å². The van der Waals surface area contributed by atoms with Crippen molar-refractivity contribution in [2.75, 3.05) is 6.54 Å². The van der Waals surface area contributed by atoms with Crippen LogP contribution in [-0.2, 0) is 23.2 Å². The minimum absolute atomic E-state index is 0.121. The molecule has 1 aliphatic heterocycles. The van der Waals surface area contributed by atoms with Crippen molar-refractivity contribution in [3.63, 3.8) is 0 Å². The molecule has 1 aliphatic carbocycles. The summed E-state index contributed by atoms with van der Waals surface area (Å²) in [5.41, 5.74) is 4.15. The van der Waals surface area contributed by atoms with Gasteiger partial charge >= 0.3 is 0 Å². The standard InChI is InChI=1S/C25H21ClN4O3S2/c26-16-3-1-2-14(8-16)21(31)23(33)30-7-4-18-17(11-30)22(32)29-24(28-18)25(5-6-25)20-9-15(12-34-20)19-10-27-13-35-19/h1-3,8-10,12-13,21,31H,4-7,11H2,(H,28,29,32)/t21-/m1/s1. The van der Waals surface area contributed by atoms with Gasteiger partial charge in [0.2, 0.25) is 0 Å². The number of nitrogens with one attached hydrogen (secondary N) is 1. The molecule has 0 unspecified atom stereocenters. The first-order chi connectivity index (χ1) is 16.9. The van der Waals surface area contributed by atoms with Gasteiger partial charge in [0.05, 0.1) is 33.6 Å². The van der Waals surface area contributed by atoms with Crippen LogP contribution in [-0.4, -0.2) is 37.4 Å². The van der Waals surface area contributed by atoms with Crippen molar-refractivity contribution in [2.24, 2.45) is 0 Å². The molecule has 1 atom stereocenters. The summed E-state index contributed by atoms with van der Waals surface area (Å²) in [6.45, 7) is 0.511. The number of fused-ring (bicyclic) bond motifs is 1. The summed E-state index contributed by atoms with van der Waals surface area (Å²) in [6.07, 6.45) is 2.88. The molecule has 1 amide bonds. The highest BCUT2D eigenvalue weighted by Gasteiger charge is 2.50. The maximum atomic E-state index is 13.1. The van der Waals surface area contributed by atoms with Gasteiger partial charge in [0.1, 0.15) is 5.82 Å². The summed E-state index contributed by atoms with van der Waals surface area (Å²) in [6, 6.07) is 8.79. The van der Waals surface area contributed by atoms with Crippen LogP contribution in [0.3, 0.4) is 0 Å². The van der Waals surface area contributed by atoms with E-state index < -0.39 is 12.0 Å². The van der Waals surface area contributed by atoms with Crippen LogP contribution in [0.15, 0.2) is 52.2 Å². The highest BCUT2D eigenvalue weighted by atomic mass is 35.5. The van der Waals surface area contributed by atoms with Crippen molar-refractivity contribution in [1.82, 2.24) is 19.9 Å². The number of hydrogen-bond acceptors (Lipinski definition) is 7. The Kier molecular flexibility index (Phi) is 5.60. The normalized spacial score (nSPS) is 17.1. The minimum Gasteiger partial charge on any atom is -0.378 e. The summed E-state index contributed by atoms with van der Waals surface area (Å²) in [5, 5.41) is 13.2. The Morgan fingerprint density at radius 3 is 2.86 bits per heavy atom. The summed E-state index contributed by atoms with van der Waals surface area (Å²) < 4.78 is 0. The zero-order valence-corrected chi connectivity index (χ0v) is 20.9. The zero-order valence-electron chi connectivity index (χ0n) is 18.5. The number of aliphatic hydroxyl groups is 1. The lowest BCUT2D eigenvalue weighted by Gasteiger charge is -2.30. The largest absolute Gasteiger partial charge is 0.378 e. The molecule has 7 nitrogen and oxygen atoms in total. The molecule has 2 aliphatic rings. The third-order valence-corrected chi connectivity index (χ3v) is 8.96. The highest BCUT2D eigenvalue weighted by Crippen LogP contribution is 2.54. The number of hydrogen-bond donors (Lipinski definition) is 2. The van der Waals surface area contributed by atoms with Gasteiger partial charge in [-0.1, -0.05) is 23.7 Å². The smallest absolute Gasteiger partial charge is 0.256 e. The summed E-state index contributed by atoms with van der Waals surface area (Å²) in [5.74, 6) is 0.256. The maximum absolute atomic E-state index is 13.1. The molecule has 1 fully saturated rings. The maximum Gasteiger partial charge on any atom is 0.256 e. The summed E-state index contributed by atoms with van der Waals surface area (Å²) in [7, 11) is 0. The first-order valence-corrected chi connectivity index (χ1v) is 13.4. The molecule has 0 radical (unpaired) electrons. The third-order valence-electron chi connectivity index (χ3n) is 6.77. The number of H-pyrrole nitrogens is 1. The second kappa shape index (κ2) is 8.67. The van der Waals surface area contributed by atoms with Crippen LogP contribution in [0.4, 0.5) is 0 Å². The lowest BCUT2D eigenvalue weighted by Crippen LogP contribution is -2.42. The lowest BCUT2D eigenvalue weighted by molar-refractivity contribution is -0.141. The number of aromatic amines is 1. The monoisotopic (exact) mass is 524 g/mol. The first-order valence-electron chi connectivity index (χ1n) is 11.3. The van der Waals surface area contributed by atoms with E-state index >= 15 is 0 Å². The predicted molar refractivity (Wildman–Crippen MR) is 136 cm³/mol. The Morgan fingerprint density at radius 2 is 2.11 bits per heavy atom. The molecule has 178 valence electrons. The van der Waals surface area contributed by atoms with E-state index in [0.717, 1.165) is 29.0 Å². The molecule has 10 heteroatoms. The fraction of sp³-hybridized carbons (Fsp3) is 0.280. The second-order valence-corrected chi connectivity index (χ2v) is 11.2. The average molecular weight is 525 g/mol. The molecule has 0 spiro atoms. The summed E-state index contributed by atoms with van der Waals surface area (Å²) in [4.78, 5) is 42.0. The molecule has 4 heterocycles. The minimum atomic E-state index is -1.33. The SMILES string of the molecule is O=C([C@H](O)c1cccc(Cl)c1)N1CCc2nc(C3(c4cc(-c5cncs5)cs4)CC3)[nH]c(=O)c2C1. The summed E-state index contributed by atoms with van der Waals surface area (Å²) >= 11 is 9.30. The van der Waals surface area contributed by atoms with Crippen molar-refractivity contribution in [3.8, 4) is 10.4 Å².